The first-order valence-corrected chi connectivity index (χ1v) is 6.31. The van der Waals surface area contributed by atoms with Crippen LogP contribution < -0.4 is 5.32 Å². The van der Waals surface area contributed by atoms with E-state index in [-0.39, 0.29) is 5.38 Å². The maximum atomic E-state index is 6.29. The highest BCUT2D eigenvalue weighted by atomic mass is 35.5. The van der Waals surface area contributed by atoms with Gasteiger partial charge in [0.25, 0.3) is 0 Å². The standard InChI is InChI=1S/C12H18ClN3/c1-8-9(2)15-12(7-14-8)16-11-6-4-3-5-10(11)13/h7,10-11H,3-6H2,1-2H3,(H,15,16). The van der Waals surface area contributed by atoms with E-state index in [0.29, 0.717) is 6.04 Å². The molecule has 0 aromatic carbocycles. The summed E-state index contributed by atoms with van der Waals surface area (Å²) in [5.74, 6) is 0.848. The van der Waals surface area contributed by atoms with Crippen molar-refractivity contribution in [3.63, 3.8) is 0 Å². The second kappa shape index (κ2) is 5.00. The van der Waals surface area contributed by atoms with Crippen molar-refractivity contribution in [2.45, 2.75) is 50.9 Å². The summed E-state index contributed by atoms with van der Waals surface area (Å²) in [6, 6.07) is 0.340. The van der Waals surface area contributed by atoms with Crippen molar-refractivity contribution in [3.05, 3.63) is 17.6 Å². The Morgan fingerprint density at radius 3 is 2.69 bits per heavy atom. The summed E-state index contributed by atoms with van der Waals surface area (Å²) in [6.07, 6.45) is 6.50. The van der Waals surface area contributed by atoms with Crippen LogP contribution in [0.25, 0.3) is 0 Å². The number of alkyl halides is 1. The Hall–Kier alpha value is -0.830. The molecule has 1 fully saturated rings. The lowest BCUT2D eigenvalue weighted by Gasteiger charge is -2.28. The summed E-state index contributed by atoms with van der Waals surface area (Å²) in [4.78, 5) is 8.77. The van der Waals surface area contributed by atoms with Crippen LogP contribution in [0.1, 0.15) is 37.1 Å². The molecule has 1 aromatic heterocycles. The third kappa shape index (κ3) is 2.64. The van der Waals surface area contributed by atoms with Crippen LogP contribution in [0.5, 0.6) is 0 Å². The van der Waals surface area contributed by atoms with Crippen LogP contribution >= 0.6 is 11.6 Å². The van der Waals surface area contributed by atoms with Gasteiger partial charge in [0.1, 0.15) is 5.82 Å². The molecular formula is C12H18ClN3. The number of rotatable bonds is 2. The Morgan fingerprint density at radius 1 is 1.25 bits per heavy atom. The third-order valence-electron chi connectivity index (χ3n) is 3.21. The smallest absolute Gasteiger partial charge is 0.145 e. The lowest BCUT2D eigenvalue weighted by molar-refractivity contribution is 0.468. The van der Waals surface area contributed by atoms with E-state index >= 15 is 0 Å². The van der Waals surface area contributed by atoms with E-state index in [1.165, 1.54) is 12.8 Å². The van der Waals surface area contributed by atoms with Crippen LogP contribution in [0.4, 0.5) is 5.82 Å². The fourth-order valence-corrected chi connectivity index (χ4v) is 2.39. The van der Waals surface area contributed by atoms with Crippen molar-refractivity contribution in [2.75, 3.05) is 5.32 Å². The van der Waals surface area contributed by atoms with Gasteiger partial charge in [-0.3, -0.25) is 4.98 Å². The van der Waals surface area contributed by atoms with Gasteiger partial charge in [-0.25, -0.2) is 4.98 Å². The number of nitrogens with one attached hydrogen (secondary N) is 1. The number of hydrogen-bond donors (Lipinski definition) is 1. The van der Waals surface area contributed by atoms with Gasteiger partial charge in [0.15, 0.2) is 0 Å². The lowest BCUT2D eigenvalue weighted by Crippen LogP contribution is -2.33. The highest BCUT2D eigenvalue weighted by Crippen LogP contribution is 2.25. The molecule has 1 heterocycles. The first-order valence-electron chi connectivity index (χ1n) is 5.87. The average Bonchev–Trinajstić information content (AvgIpc) is 2.27. The summed E-state index contributed by atoms with van der Waals surface area (Å²) >= 11 is 6.29. The van der Waals surface area contributed by atoms with Crippen LogP contribution in [0.2, 0.25) is 0 Å². The molecule has 16 heavy (non-hydrogen) atoms. The zero-order chi connectivity index (χ0) is 11.5. The predicted molar refractivity (Wildman–Crippen MR) is 67.0 cm³/mol. The van der Waals surface area contributed by atoms with Gasteiger partial charge in [-0.1, -0.05) is 12.8 Å². The molecule has 0 saturated heterocycles. The largest absolute Gasteiger partial charge is 0.365 e. The maximum absolute atomic E-state index is 6.29. The summed E-state index contributed by atoms with van der Waals surface area (Å²) in [5.41, 5.74) is 1.96. The number of anilines is 1. The molecular weight excluding hydrogens is 222 g/mol. The van der Waals surface area contributed by atoms with E-state index < -0.39 is 0 Å². The number of nitrogens with zero attached hydrogens (tertiary/aromatic N) is 2. The Kier molecular flexibility index (Phi) is 3.64. The zero-order valence-electron chi connectivity index (χ0n) is 9.83. The summed E-state index contributed by atoms with van der Waals surface area (Å²) in [6.45, 7) is 3.95. The van der Waals surface area contributed by atoms with Crippen LogP contribution in [0.3, 0.4) is 0 Å². The monoisotopic (exact) mass is 239 g/mol. The molecule has 0 amide bonds. The van der Waals surface area contributed by atoms with Gasteiger partial charge in [-0.05, 0) is 26.7 Å². The van der Waals surface area contributed by atoms with Crippen molar-refractivity contribution in [2.24, 2.45) is 0 Å². The van der Waals surface area contributed by atoms with Crippen LogP contribution in [0.15, 0.2) is 6.20 Å². The molecule has 1 aliphatic rings. The van der Waals surface area contributed by atoms with Crippen molar-refractivity contribution in [1.82, 2.24) is 9.97 Å². The van der Waals surface area contributed by atoms with Gasteiger partial charge in [-0.2, -0.15) is 0 Å². The van der Waals surface area contributed by atoms with Gasteiger partial charge >= 0.3 is 0 Å². The fraction of sp³-hybridized carbons (Fsp3) is 0.667. The first-order chi connectivity index (χ1) is 7.66. The highest BCUT2D eigenvalue weighted by Gasteiger charge is 2.23. The van der Waals surface area contributed by atoms with Gasteiger partial charge < -0.3 is 5.32 Å². The number of halogens is 1. The molecule has 0 radical (unpaired) electrons. The van der Waals surface area contributed by atoms with E-state index in [9.17, 15) is 0 Å². The molecule has 2 rings (SSSR count). The van der Waals surface area contributed by atoms with E-state index in [0.717, 1.165) is 30.0 Å². The molecule has 88 valence electrons. The summed E-state index contributed by atoms with van der Waals surface area (Å²) < 4.78 is 0. The van der Waals surface area contributed by atoms with E-state index in [4.69, 9.17) is 11.6 Å². The Balaban J connectivity index is 2.05. The van der Waals surface area contributed by atoms with E-state index in [1.54, 1.807) is 6.20 Å². The van der Waals surface area contributed by atoms with Gasteiger partial charge in [0, 0.05) is 6.04 Å². The minimum Gasteiger partial charge on any atom is -0.365 e. The van der Waals surface area contributed by atoms with E-state index in [1.807, 2.05) is 13.8 Å². The minimum atomic E-state index is 0.220. The fourth-order valence-electron chi connectivity index (χ4n) is 2.05. The topological polar surface area (TPSA) is 37.8 Å². The maximum Gasteiger partial charge on any atom is 0.145 e. The van der Waals surface area contributed by atoms with Gasteiger partial charge in [0.2, 0.25) is 0 Å². The van der Waals surface area contributed by atoms with Crippen molar-refractivity contribution >= 4 is 17.4 Å². The van der Waals surface area contributed by atoms with Crippen molar-refractivity contribution in [1.29, 1.82) is 0 Å². The molecule has 3 nitrogen and oxygen atoms in total. The van der Waals surface area contributed by atoms with Gasteiger partial charge in [0.05, 0.1) is 23.0 Å². The first kappa shape index (κ1) is 11.6. The normalized spacial score (nSPS) is 25.4. The molecule has 1 aliphatic carbocycles. The predicted octanol–water partition coefficient (Wildman–Crippen LogP) is 3.06. The molecule has 1 saturated carbocycles. The molecule has 4 heteroatoms. The SMILES string of the molecule is Cc1ncc(NC2CCCCC2Cl)nc1C. The average molecular weight is 240 g/mol. The molecule has 1 aromatic rings. The van der Waals surface area contributed by atoms with Crippen molar-refractivity contribution < 1.29 is 0 Å². The zero-order valence-corrected chi connectivity index (χ0v) is 10.6. The van der Waals surface area contributed by atoms with E-state index in [2.05, 4.69) is 15.3 Å². The van der Waals surface area contributed by atoms with Crippen LogP contribution in [-0.2, 0) is 0 Å². The molecule has 0 aliphatic heterocycles. The Morgan fingerprint density at radius 2 is 2.00 bits per heavy atom. The number of hydrogen-bond acceptors (Lipinski definition) is 3. The Labute approximate surface area is 102 Å². The molecule has 2 unspecified atom stereocenters. The van der Waals surface area contributed by atoms with Crippen LogP contribution in [0, 0.1) is 13.8 Å². The third-order valence-corrected chi connectivity index (χ3v) is 3.73. The second-order valence-electron chi connectivity index (χ2n) is 4.48. The highest BCUT2D eigenvalue weighted by molar-refractivity contribution is 6.21. The van der Waals surface area contributed by atoms with Crippen LogP contribution in [-0.4, -0.2) is 21.4 Å². The number of aromatic nitrogens is 2. The molecule has 2 atom stereocenters. The number of aryl methyl sites for hydroxylation is 2. The minimum absolute atomic E-state index is 0.220. The summed E-state index contributed by atoms with van der Waals surface area (Å²) in [7, 11) is 0. The lowest BCUT2D eigenvalue weighted by atomic mass is 9.95. The quantitative estimate of drug-likeness (QED) is 0.807. The molecule has 0 spiro atoms. The van der Waals surface area contributed by atoms with Gasteiger partial charge in [-0.15, -0.1) is 11.6 Å². The molecule has 0 bridgehead atoms. The molecule has 1 N–H and O–H groups in total. The van der Waals surface area contributed by atoms with Crippen molar-refractivity contribution in [3.8, 4) is 0 Å². The Bertz CT molecular complexity index is 367. The second-order valence-corrected chi connectivity index (χ2v) is 5.04. The summed E-state index contributed by atoms with van der Waals surface area (Å²) in [5, 5.41) is 3.61.